The second kappa shape index (κ2) is 7.26. The zero-order valence-corrected chi connectivity index (χ0v) is 15.6. The van der Waals surface area contributed by atoms with Crippen molar-refractivity contribution in [3.8, 4) is 0 Å². The summed E-state index contributed by atoms with van der Waals surface area (Å²) in [7, 11) is 3.88. The highest BCUT2D eigenvalue weighted by Gasteiger charge is 2.23. The second-order valence-electron chi connectivity index (χ2n) is 6.70. The molecule has 0 saturated carbocycles. The van der Waals surface area contributed by atoms with E-state index >= 15 is 0 Å². The lowest BCUT2D eigenvalue weighted by atomic mass is 10.2. The van der Waals surface area contributed by atoms with Gasteiger partial charge >= 0.3 is 0 Å². The molecule has 140 valence electrons. The van der Waals surface area contributed by atoms with Crippen LogP contribution in [0.4, 0.5) is 27.7 Å². The van der Waals surface area contributed by atoms with Crippen LogP contribution in [-0.2, 0) is 7.05 Å². The first kappa shape index (κ1) is 17.3. The van der Waals surface area contributed by atoms with Gasteiger partial charge in [-0.1, -0.05) is 18.2 Å². The van der Waals surface area contributed by atoms with Gasteiger partial charge in [0.05, 0.1) is 0 Å². The van der Waals surface area contributed by atoms with Gasteiger partial charge in [-0.25, -0.2) is 4.39 Å². The Morgan fingerprint density at radius 1 is 0.852 bits per heavy atom. The number of rotatable bonds is 4. The summed E-state index contributed by atoms with van der Waals surface area (Å²) in [6.45, 7) is 3.67. The molecule has 2 heterocycles. The van der Waals surface area contributed by atoms with E-state index in [9.17, 15) is 4.39 Å². The van der Waals surface area contributed by atoms with Crippen molar-refractivity contribution < 1.29 is 4.39 Å². The smallest absolute Gasteiger partial charge is 0.232 e. The highest BCUT2D eigenvalue weighted by atomic mass is 19.1. The lowest BCUT2D eigenvalue weighted by molar-refractivity contribution is 0.627. The molecule has 2 aromatic carbocycles. The van der Waals surface area contributed by atoms with Gasteiger partial charge in [0.25, 0.3) is 0 Å². The van der Waals surface area contributed by atoms with Gasteiger partial charge in [0.1, 0.15) is 5.82 Å². The molecule has 1 saturated heterocycles. The summed E-state index contributed by atoms with van der Waals surface area (Å²) in [6, 6.07) is 16.9. The third-order valence-corrected chi connectivity index (χ3v) is 5.03. The predicted molar refractivity (Wildman–Crippen MR) is 106 cm³/mol. The molecule has 7 heteroatoms. The quantitative estimate of drug-likeness (QED) is 0.710. The number of anilines is 4. The van der Waals surface area contributed by atoms with E-state index in [-0.39, 0.29) is 5.82 Å². The predicted octanol–water partition coefficient (Wildman–Crippen LogP) is 3.05. The van der Waals surface area contributed by atoms with Crippen molar-refractivity contribution in [1.82, 2.24) is 14.8 Å². The molecule has 0 unspecified atom stereocenters. The van der Waals surface area contributed by atoms with E-state index in [1.165, 1.54) is 17.8 Å². The second-order valence-corrected chi connectivity index (χ2v) is 6.70. The first-order chi connectivity index (χ1) is 13.1. The van der Waals surface area contributed by atoms with E-state index in [1.54, 1.807) is 12.1 Å². The van der Waals surface area contributed by atoms with Crippen molar-refractivity contribution in [2.45, 2.75) is 0 Å². The Hall–Kier alpha value is -3.09. The van der Waals surface area contributed by atoms with Gasteiger partial charge in [0.15, 0.2) is 0 Å². The summed E-state index contributed by atoms with van der Waals surface area (Å²) in [4.78, 5) is 6.56. The molecule has 1 aliphatic heterocycles. The first-order valence-corrected chi connectivity index (χ1v) is 9.07. The van der Waals surface area contributed by atoms with Crippen LogP contribution in [0.15, 0.2) is 54.6 Å². The van der Waals surface area contributed by atoms with Gasteiger partial charge in [0, 0.05) is 51.6 Å². The molecule has 1 fully saturated rings. The number of piperazine rings is 1. The maximum absolute atomic E-state index is 13.2. The first-order valence-electron chi connectivity index (χ1n) is 9.07. The fourth-order valence-electron chi connectivity index (χ4n) is 3.46. The molecular formula is C20H23FN6. The van der Waals surface area contributed by atoms with E-state index in [4.69, 9.17) is 0 Å². The van der Waals surface area contributed by atoms with Crippen LogP contribution in [0.2, 0.25) is 0 Å². The van der Waals surface area contributed by atoms with Crippen molar-refractivity contribution in [3.05, 3.63) is 60.4 Å². The topological polar surface area (TPSA) is 40.4 Å². The molecule has 27 heavy (non-hydrogen) atoms. The van der Waals surface area contributed by atoms with E-state index < -0.39 is 0 Å². The third kappa shape index (κ3) is 3.45. The Kier molecular flexibility index (Phi) is 4.66. The molecular weight excluding hydrogens is 343 g/mol. The average molecular weight is 366 g/mol. The number of hydrogen-bond acceptors (Lipinski definition) is 5. The fraction of sp³-hybridized carbons (Fsp3) is 0.300. The van der Waals surface area contributed by atoms with Gasteiger partial charge in [-0.05, 0) is 36.4 Å². The Bertz CT molecular complexity index is 885. The van der Waals surface area contributed by atoms with Gasteiger partial charge in [-0.3, -0.25) is 4.57 Å². The van der Waals surface area contributed by atoms with Crippen LogP contribution in [0.1, 0.15) is 0 Å². The van der Waals surface area contributed by atoms with Gasteiger partial charge < -0.3 is 14.7 Å². The van der Waals surface area contributed by atoms with E-state index in [2.05, 4.69) is 44.3 Å². The number of benzene rings is 2. The summed E-state index contributed by atoms with van der Waals surface area (Å²) in [5, 5.41) is 8.76. The number of aromatic nitrogens is 3. The molecule has 0 atom stereocenters. The highest BCUT2D eigenvalue weighted by molar-refractivity contribution is 5.58. The van der Waals surface area contributed by atoms with Crippen molar-refractivity contribution in [2.24, 2.45) is 7.05 Å². The van der Waals surface area contributed by atoms with Gasteiger partial charge in [-0.15, -0.1) is 10.2 Å². The molecule has 0 spiro atoms. The Balaban J connectivity index is 1.47. The van der Waals surface area contributed by atoms with E-state index in [0.717, 1.165) is 43.8 Å². The molecule has 1 aliphatic rings. The monoisotopic (exact) mass is 366 g/mol. The fourth-order valence-corrected chi connectivity index (χ4v) is 3.46. The van der Waals surface area contributed by atoms with Crippen LogP contribution in [-0.4, -0.2) is 48.0 Å². The summed E-state index contributed by atoms with van der Waals surface area (Å²) in [5.41, 5.74) is 2.12. The molecule has 1 aromatic heterocycles. The van der Waals surface area contributed by atoms with Crippen molar-refractivity contribution in [1.29, 1.82) is 0 Å². The average Bonchev–Trinajstić information content (AvgIpc) is 3.10. The Morgan fingerprint density at radius 2 is 1.48 bits per heavy atom. The molecule has 4 rings (SSSR count). The molecule has 0 aliphatic carbocycles. The minimum Gasteiger partial charge on any atom is -0.368 e. The van der Waals surface area contributed by atoms with E-state index in [1.807, 2.05) is 29.6 Å². The van der Waals surface area contributed by atoms with Gasteiger partial charge in [-0.2, -0.15) is 0 Å². The Labute approximate surface area is 158 Å². The molecule has 0 radical (unpaired) electrons. The summed E-state index contributed by atoms with van der Waals surface area (Å²) in [6.07, 6.45) is 0. The summed E-state index contributed by atoms with van der Waals surface area (Å²) in [5.74, 6) is 1.33. The zero-order valence-electron chi connectivity index (χ0n) is 15.6. The van der Waals surface area contributed by atoms with Crippen LogP contribution in [0.25, 0.3) is 0 Å². The van der Waals surface area contributed by atoms with Crippen LogP contribution in [0.3, 0.4) is 0 Å². The van der Waals surface area contributed by atoms with Crippen LogP contribution < -0.4 is 14.7 Å². The largest absolute Gasteiger partial charge is 0.368 e. The maximum atomic E-state index is 13.2. The summed E-state index contributed by atoms with van der Waals surface area (Å²) < 4.78 is 15.2. The lowest BCUT2D eigenvalue weighted by Crippen LogP contribution is -2.47. The molecule has 0 bridgehead atoms. The standard InChI is InChI=1S/C20H23FN6/c1-24(17-10-8-16(21)9-11-17)19-22-23-20(25(19)2)27-14-12-26(13-15-27)18-6-4-3-5-7-18/h3-11H,12-15H2,1-2H3. The summed E-state index contributed by atoms with van der Waals surface area (Å²) >= 11 is 0. The van der Waals surface area contributed by atoms with Crippen LogP contribution in [0, 0.1) is 5.82 Å². The molecule has 0 amide bonds. The molecule has 0 N–H and O–H groups in total. The minimum absolute atomic E-state index is 0.248. The number of halogens is 1. The van der Waals surface area contributed by atoms with Crippen molar-refractivity contribution in [3.63, 3.8) is 0 Å². The zero-order chi connectivity index (χ0) is 18.8. The third-order valence-electron chi connectivity index (χ3n) is 5.03. The number of nitrogens with zero attached hydrogens (tertiary/aromatic N) is 6. The number of para-hydroxylation sites is 1. The SMILES string of the molecule is CN(c1ccc(F)cc1)c1nnc(N2CCN(c3ccccc3)CC2)n1C. The van der Waals surface area contributed by atoms with Crippen LogP contribution >= 0.6 is 0 Å². The van der Waals surface area contributed by atoms with Crippen LogP contribution in [0.5, 0.6) is 0 Å². The van der Waals surface area contributed by atoms with E-state index in [0.29, 0.717) is 0 Å². The lowest BCUT2D eigenvalue weighted by Gasteiger charge is -2.36. The van der Waals surface area contributed by atoms with Crippen molar-refractivity contribution >= 4 is 23.3 Å². The minimum atomic E-state index is -0.248. The van der Waals surface area contributed by atoms with Gasteiger partial charge in [0.2, 0.25) is 11.9 Å². The molecule has 3 aromatic rings. The number of hydrogen-bond donors (Lipinski definition) is 0. The molecule has 6 nitrogen and oxygen atoms in total. The van der Waals surface area contributed by atoms with Crippen molar-refractivity contribution in [2.75, 3.05) is 47.9 Å². The normalized spacial score (nSPS) is 14.5. The Morgan fingerprint density at radius 3 is 2.15 bits per heavy atom. The maximum Gasteiger partial charge on any atom is 0.232 e. The highest BCUT2D eigenvalue weighted by Crippen LogP contribution is 2.25.